The molecule has 0 amide bonds. The predicted molar refractivity (Wildman–Crippen MR) is 58.1 cm³/mol. The number of nitrogens with two attached hydrogens (primary N) is 1. The molecule has 0 radical (unpaired) electrons. The SMILES string of the molecule is NCCCC1Cc2ccccc2S1. The molecule has 0 fully saturated rings. The highest BCUT2D eigenvalue weighted by Gasteiger charge is 2.20. The van der Waals surface area contributed by atoms with Crippen molar-refractivity contribution in [2.24, 2.45) is 5.73 Å². The van der Waals surface area contributed by atoms with Gasteiger partial charge in [-0.25, -0.2) is 0 Å². The van der Waals surface area contributed by atoms with Gasteiger partial charge in [0.25, 0.3) is 0 Å². The first-order chi connectivity index (χ1) is 6.40. The largest absolute Gasteiger partial charge is 0.330 e. The average molecular weight is 193 g/mol. The maximum absolute atomic E-state index is 5.50. The number of hydrogen-bond donors (Lipinski definition) is 1. The molecule has 1 heterocycles. The molecule has 1 unspecified atom stereocenters. The van der Waals surface area contributed by atoms with Gasteiger partial charge in [-0.1, -0.05) is 18.2 Å². The molecule has 0 saturated carbocycles. The highest BCUT2D eigenvalue weighted by molar-refractivity contribution is 8.00. The van der Waals surface area contributed by atoms with Gasteiger partial charge in [-0.15, -0.1) is 11.8 Å². The molecule has 1 aromatic rings. The van der Waals surface area contributed by atoms with Gasteiger partial charge in [0, 0.05) is 10.1 Å². The highest BCUT2D eigenvalue weighted by Crippen LogP contribution is 2.38. The molecular weight excluding hydrogens is 178 g/mol. The Morgan fingerprint density at radius 2 is 2.23 bits per heavy atom. The fourth-order valence-electron chi connectivity index (χ4n) is 1.76. The van der Waals surface area contributed by atoms with Crippen LogP contribution in [0.5, 0.6) is 0 Å². The molecule has 0 aromatic heterocycles. The summed E-state index contributed by atoms with van der Waals surface area (Å²) in [6.45, 7) is 0.827. The van der Waals surface area contributed by atoms with Gasteiger partial charge in [0.05, 0.1) is 0 Å². The zero-order chi connectivity index (χ0) is 9.10. The van der Waals surface area contributed by atoms with Crippen molar-refractivity contribution < 1.29 is 0 Å². The van der Waals surface area contributed by atoms with Crippen molar-refractivity contribution in [2.45, 2.75) is 29.4 Å². The standard InChI is InChI=1S/C11H15NS/c12-7-3-5-10-8-9-4-1-2-6-11(9)13-10/h1-2,4,6,10H,3,5,7-8,12H2. The van der Waals surface area contributed by atoms with E-state index in [-0.39, 0.29) is 0 Å². The van der Waals surface area contributed by atoms with E-state index in [9.17, 15) is 0 Å². The lowest BCUT2D eigenvalue weighted by molar-refractivity contribution is 0.709. The van der Waals surface area contributed by atoms with Crippen molar-refractivity contribution in [3.8, 4) is 0 Å². The third kappa shape index (κ3) is 2.06. The van der Waals surface area contributed by atoms with Crippen LogP contribution in [0.25, 0.3) is 0 Å². The van der Waals surface area contributed by atoms with E-state index in [1.165, 1.54) is 23.3 Å². The zero-order valence-corrected chi connectivity index (χ0v) is 8.52. The molecule has 2 rings (SSSR count). The Labute approximate surface area is 83.7 Å². The molecule has 1 nitrogen and oxygen atoms in total. The molecular formula is C11H15NS. The van der Waals surface area contributed by atoms with Gasteiger partial charge < -0.3 is 5.73 Å². The Kier molecular flexibility index (Phi) is 2.91. The van der Waals surface area contributed by atoms with Gasteiger partial charge in [-0.3, -0.25) is 0 Å². The Balaban J connectivity index is 1.97. The summed E-state index contributed by atoms with van der Waals surface area (Å²) >= 11 is 2.02. The number of thioether (sulfide) groups is 1. The number of hydrogen-bond acceptors (Lipinski definition) is 2. The molecule has 1 aliphatic rings. The number of benzene rings is 1. The summed E-state index contributed by atoms with van der Waals surface area (Å²) in [6.07, 6.45) is 3.66. The van der Waals surface area contributed by atoms with Crippen LogP contribution < -0.4 is 5.73 Å². The zero-order valence-electron chi connectivity index (χ0n) is 7.70. The average Bonchev–Trinajstić information content (AvgIpc) is 2.57. The molecule has 0 saturated heterocycles. The van der Waals surface area contributed by atoms with Crippen molar-refractivity contribution in [3.05, 3.63) is 29.8 Å². The van der Waals surface area contributed by atoms with E-state index in [1.54, 1.807) is 0 Å². The summed E-state index contributed by atoms with van der Waals surface area (Å²) < 4.78 is 0. The first kappa shape index (κ1) is 9.10. The minimum absolute atomic E-state index is 0.779. The summed E-state index contributed by atoms with van der Waals surface area (Å²) in [5, 5.41) is 0.779. The van der Waals surface area contributed by atoms with Crippen LogP contribution in [-0.2, 0) is 6.42 Å². The summed E-state index contributed by atoms with van der Waals surface area (Å²) in [4.78, 5) is 1.48. The maximum Gasteiger partial charge on any atom is 0.0136 e. The molecule has 2 N–H and O–H groups in total. The van der Waals surface area contributed by atoms with Crippen LogP contribution in [-0.4, -0.2) is 11.8 Å². The first-order valence-corrected chi connectivity index (χ1v) is 5.73. The second-order valence-electron chi connectivity index (χ2n) is 3.48. The molecule has 1 atom stereocenters. The molecule has 2 heteroatoms. The lowest BCUT2D eigenvalue weighted by Gasteiger charge is -2.05. The maximum atomic E-state index is 5.50. The Hall–Kier alpha value is -0.470. The summed E-state index contributed by atoms with van der Waals surface area (Å²) in [7, 11) is 0. The van der Waals surface area contributed by atoms with Gasteiger partial charge in [-0.05, 0) is 37.4 Å². The Morgan fingerprint density at radius 3 is 3.00 bits per heavy atom. The van der Waals surface area contributed by atoms with Crippen molar-refractivity contribution in [1.82, 2.24) is 0 Å². The Morgan fingerprint density at radius 1 is 1.38 bits per heavy atom. The van der Waals surface area contributed by atoms with Crippen LogP contribution in [0.3, 0.4) is 0 Å². The molecule has 13 heavy (non-hydrogen) atoms. The number of fused-ring (bicyclic) bond motifs is 1. The van der Waals surface area contributed by atoms with Gasteiger partial charge in [-0.2, -0.15) is 0 Å². The smallest absolute Gasteiger partial charge is 0.0136 e. The van der Waals surface area contributed by atoms with Crippen molar-refractivity contribution in [2.75, 3.05) is 6.54 Å². The van der Waals surface area contributed by atoms with E-state index in [1.807, 2.05) is 11.8 Å². The van der Waals surface area contributed by atoms with E-state index < -0.39 is 0 Å². The summed E-state index contributed by atoms with van der Waals surface area (Å²) in [6, 6.07) is 8.72. The van der Waals surface area contributed by atoms with Gasteiger partial charge >= 0.3 is 0 Å². The van der Waals surface area contributed by atoms with Crippen LogP contribution in [0.15, 0.2) is 29.2 Å². The van der Waals surface area contributed by atoms with Crippen molar-refractivity contribution in [3.63, 3.8) is 0 Å². The monoisotopic (exact) mass is 193 g/mol. The second kappa shape index (κ2) is 4.16. The lowest BCUT2D eigenvalue weighted by atomic mass is 10.1. The van der Waals surface area contributed by atoms with E-state index in [0.717, 1.165) is 18.2 Å². The van der Waals surface area contributed by atoms with E-state index in [4.69, 9.17) is 5.73 Å². The van der Waals surface area contributed by atoms with Crippen LogP contribution in [0, 0.1) is 0 Å². The third-order valence-corrected chi connectivity index (χ3v) is 3.83. The highest BCUT2D eigenvalue weighted by atomic mass is 32.2. The van der Waals surface area contributed by atoms with Gasteiger partial charge in [0.15, 0.2) is 0 Å². The quantitative estimate of drug-likeness (QED) is 0.798. The molecule has 1 aromatic carbocycles. The van der Waals surface area contributed by atoms with E-state index in [2.05, 4.69) is 24.3 Å². The molecule has 0 bridgehead atoms. The van der Waals surface area contributed by atoms with Gasteiger partial charge in [0.2, 0.25) is 0 Å². The Bertz CT molecular complexity index is 260. The van der Waals surface area contributed by atoms with E-state index >= 15 is 0 Å². The summed E-state index contributed by atoms with van der Waals surface area (Å²) in [5.41, 5.74) is 7.03. The molecule has 70 valence electrons. The minimum Gasteiger partial charge on any atom is -0.330 e. The first-order valence-electron chi connectivity index (χ1n) is 4.85. The minimum atomic E-state index is 0.779. The fourth-order valence-corrected chi connectivity index (χ4v) is 3.13. The topological polar surface area (TPSA) is 26.0 Å². The van der Waals surface area contributed by atoms with Crippen molar-refractivity contribution >= 4 is 11.8 Å². The van der Waals surface area contributed by atoms with Crippen LogP contribution in [0.1, 0.15) is 18.4 Å². The predicted octanol–water partition coefficient (Wildman–Crippen LogP) is 2.44. The van der Waals surface area contributed by atoms with Crippen LogP contribution in [0.2, 0.25) is 0 Å². The summed E-state index contributed by atoms with van der Waals surface area (Å²) in [5.74, 6) is 0. The lowest BCUT2D eigenvalue weighted by Crippen LogP contribution is -2.05. The fraction of sp³-hybridized carbons (Fsp3) is 0.455. The number of rotatable bonds is 3. The van der Waals surface area contributed by atoms with E-state index in [0.29, 0.717) is 0 Å². The molecule has 0 spiro atoms. The normalized spacial score (nSPS) is 20.2. The second-order valence-corrected chi connectivity index (χ2v) is 4.82. The van der Waals surface area contributed by atoms with Crippen LogP contribution in [0.4, 0.5) is 0 Å². The third-order valence-electron chi connectivity index (χ3n) is 2.44. The molecule has 0 aliphatic carbocycles. The van der Waals surface area contributed by atoms with Gasteiger partial charge in [0.1, 0.15) is 0 Å². The molecule has 1 aliphatic heterocycles. The van der Waals surface area contributed by atoms with Crippen molar-refractivity contribution in [1.29, 1.82) is 0 Å². The van der Waals surface area contributed by atoms with Crippen LogP contribution >= 0.6 is 11.8 Å².